The van der Waals surface area contributed by atoms with Crippen molar-refractivity contribution in [3.63, 3.8) is 0 Å². The van der Waals surface area contributed by atoms with E-state index >= 15 is 0 Å². The quantitative estimate of drug-likeness (QED) is 0.402. The van der Waals surface area contributed by atoms with Crippen LogP contribution in [0.5, 0.6) is 5.75 Å². The molecule has 0 bridgehead atoms. The van der Waals surface area contributed by atoms with Crippen molar-refractivity contribution in [1.29, 1.82) is 0 Å². The molecule has 27 heavy (non-hydrogen) atoms. The highest BCUT2D eigenvalue weighted by Gasteiger charge is 2.18. The molecule has 1 aromatic heterocycles. The lowest BCUT2D eigenvalue weighted by Crippen LogP contribution is -2.20. The standard InChI is InChI=1S/C18H15N3O6/c1-11(17-19-13-7-3-2-6-12(13)18(23)20-17)27-16(22)10-26-15-9-5-4-8-14(15)21(24)25/h2-9,11H,10H2,1H3,(H,19,20,23)/t11-/m0/s1. The smallest absolute Gasteiger partial charge is 0.344 e. The maximum absolute atomic E-state index is 12.1. The SMILES string of the molecule is C[C@H](OC(=O)COc1ccccc1[N+](=O)[O-])c1nc2ccccc2c(=O)[nH]1. The van der Waals surface area contributed by atoms with E-state index in [1.807, 2.05) is 0 Å². The maximum atomic E-state index is 12.1. The molecule has 1 atom stereocenters. The maximum Gasteiger partial charge on any atom is 0.344 e. The van der Waals surface area contributed by atoms with Crippen molar-refractivity contribution in [2.24, 2.45) is 0 Å². The van der Waals surface area contributed by atoms with Crippen LogP contribution in [0.15, 0.2) is 53.3 Å². The van der Waals surface area contributed by atoms with Crippen molar-refractivity contribution in [2.75, 3.05) is 6.61 Å². The van der Waals surface area contributed by atoms with Gasteiger partial charge in [0.1, 0.15) is 0 Å². The Morgan fingerprint density at radius 2 is 1.93 bits per heavy atom. The Morgan fingerprint density at radius 1 is 1.22 bits per heavy atom. The van der Waals surface area contributed by atoms with Crippen molar-refractivity contribution < 1.29 is 19.2 Å². The number of carbonyl (C=O) groups excluding carboxylic acids is 1. The molecule has 0 amide bonds. The molecular weight excluding hydrogens is 354 g/mol. The van der Waals surface area contributed by atoms with Gasteiger partial charge in [0.15, 0.2) is 24.3 Å². The van der Waals surface area contributed by atoms with Gasteiger partial charge in [-0.05, 0) is 25.1 Å². The van der Waals surface area contributed by atoms with Crippen LogP contribution in [0.1, 0.15) is 18.9 Å². The molecule has 138 valence electrons. The summed E-state index contributed by atoms with van der Waals surface area (Å²) in [5, 5.41) is 11.4. The molecule has 0 spiro atoms. The Labute approximate surface area is 152 Å². The van der Waals surface area contributed by atoms with Crippen LogP contribution in [0.3, 0.4) is 0 Å². The number of H-pyrrole nitrogens is 1. The summed E-state index contributed by atoms with van der Waals surface area (Å²) in [5.41, 5.74) is -0.108. The Kier molecular flexibility index (Phi) is 5.11. The van der Waals surface area contributed by atoms with Gasteiger partial charge >= 0.3 is 11.7 Å². The van der Waals surface area contributed by atoms with E-state index in [2.05, 4.69) is 9.97 Å². The fraction of sp³-hybridized carbons (Fsp3) is 0.167. The Bertz CT molecular complexity index is 1060. The molecule has 0 aliphatic rings. The molecule has 0 unspecified atom stereocenters. The number of hydrogen-bond acceptors (Lipinski definition) is 7. The van der Waals surface area contributed by atoms with Crippen molar-refractivity contribution in [1.82, 2.24) is 9.97 Å². The number of rotatable bonds is 6. The van der Waals surface area contributed by atoms with Crippen LogP contribution in [0.25, 0.3) is 10.9 Å². The summed E-state index contributed by atoms with van der Waals surface area (Å²) in [4.78, 5) is 41.3. The molecule has 0 aliphatic carbocycles. The van der Waals surface area contributed by atoms with Gasteiger partial charge in [-0.3, -0.25) is 14.9 Å². The monoisotopic (exact) mass is 369 g/mol. The minimum absolute atomic E-state index is 0.0376. The summed E-state index contributed by atoms with van der Waals surface area (Å²) in [7, 11) is 0. The summed E-state index contributed by atoms with van der Waals surface area (Å²) < 4.78 is 10.4. The predicted octanol–water partition coefficient (Wildman–Crippen LogP) is 2.51. The highest BCUT2D eigenvalue weighted by Crippen LogP contribution is 2.25. The summed E-state index contributed by atoms with van der Waals surface area (Å²) in [6, 6.07) is 12.5. The number of ether oxygens (including phenoxy) is 2. The number of nitrogens with zero attached hydrogens (tertiary/aromatic N) is 2. The van der Waals surface area contributed by atoms with E-state index in [-0.39, 0.29) is 22.8 Å². The van der Waals surface area contributed by atoms with Crippen LogP contribution in [0, 0.1) is 10.1 Å². The second-order valence-corrected chi connectivity index (χ2v) is 5.61. The molecule has 1 heterocycles. The molecule has 0 aliphatic heterocycles. The number of nitro benzene ring substituents is 1. The third kappa shape index (κ3) is 4.09. The number of para-hydroxylation sites is 3. The second-order valence-electron chi connectivity index (χ2n) is 5.61. The van der Waals surface area contributed by atoms with Gasteiger partial charge in [0.05, 0.1) is 15.8 Å². The lowest BCUT2D eigenvalue weighted by Gasteiger charge is -2.13. The number of benzene rings is 2. The first-order valence-corrected chi connectivity index (χ1v) is 8.00. The second kappa shape index (κ2) is 7.65. The van der Waals surface area contributed by atoms with Gasteiger partial charge in [0.25, 0.3) is 5.56 Å². The average Bonchev–Trinajstić information content (AvgIpc) is 2.66. The number of nitro groups is 1. The molecule has 2 aromatic carbocycles. The number of aromatic nitrogens is 2. The fourth-order valence-corrected chi connectivity index (χ4v) is 2.45. The van der Waals surface area contributed by atoms with Crippen LogP contribution in [0.4, 0.5) is 5.69 Å². The first-order valence-electron chi connectivity index (χ1n) is 8.00. The molecule has 0 fully saturated rings. The Hall–Kier alpha value is -3.75. The van der Waals surface area contributed by atoms with E-state index in [0.717, 1.165) is 0 Å². The van der Waals surface area contributed by atoms with E-state index in [0.29, 0.717) is 10.9 Å². The molecule has 1 N–H and O–H groups in total. The molecule has 9 heteroatoms. The van der Waals surface area contributed by atoms with Crippen molar-refractivity contribution in [3.05, 3.63) is 74.8 Å². The van der Waals surface area contributed by atoms with E-state index in [9.17, 15) is 19.7 Å². The number of hydrogen-bond donors (Lipinski definition) is 1. The van der Waals surface area contributed by atoms with Crippen LogP contribution in [-0.2, 0) is 9.53 Å². The molecule has 3 rings (SSSR count). The van der Waals surface area contributed by atoms with E-state index in [1.54, 1.807) is 37.3 Å². The third-order valence-electron chi connectivity index (χ3n) is 3.73. The zero-order chi connectivity index (χ0) is 19.4. The first-order chi connectivity index (χ1) is 13.0. The molecule has 0 saturated heterocycles. The van der Waals surface area contributed by atoms with Crippen LogP contribution in [0.2, 0.25) is 0 Å². The van der Waals surface area contributed by atoms with Gasteiger partial charge < -0.3 is 14.5 Å². The summed E-state index contributed by atoms with van der Waals surface area (Å²) in [6.07, 6.45) is -0.829. The van der Waals surface area contributed by atoms with Crippen molar-refractivity contribution in [2.45, 2.75) is 13.0 Å². The van der Waals surface area contributed by atoms with E-state index in [4.69, 9.17) is 9.47 Å². The van der Waals surface area contributed by atoms with Crippen molar-refractivity contribution in [3.8, 4) is 5.75 Å². The largest absolute Gasteiger partial charge is 0.475 e. The van der Waals surface area contributed by atoms with Gasteiger partial charge in [-0.2, -0.15) is 0 Å². The molecule has 0 radical (unpaired) electrons. The molecule has 0 saturated carbocycles. The fourth-order valence-electron chi connectivity index (χ4n) is 2.45. The first kappa shape index (κ1) is 18.1. The third-order valence-corrected chi connectivity index (χ3v) is 3.73. The lowest BCUT2D eigenvalue weighted by molar-refractivity contribution is -0.385. The van der Waals surface area contributed by atoms with Gasteiger partial charge in [-0.1, -0.05) is 24.3 Å². The normalized spacial score (nSPS) is 11.7. The summed E-state index contributed by atoms with van der Waals surface area (Å²) in [5.74, 6) is -0.599. The number of fused-ring (bicyclic) bond motifs is 1. The number of carbonyl (C=O) groups is 1. The van der Waals surface area contributed by atoms with Gasteiger partial charge in [-0.25, -0.2) is 9.78 Å². The van der Waals surface area contributed by atoms with E-state index in [1.165, 1.54) is 18.2 Å². The zero-order valence-electron chi connectivity index (χ0n) is 14.2. The van der Waals surface area contributed by atoms with Crippen LogP contribution < -0.4 is 10.3 Å². The molecule has 9 nitrogen and oxygen atoms in total. The minimum Gasteiger partial charge on any atom is -0.475 e. The van der Waals surface area contributed by atoms with Crippen molar-refractivity contribution >= 4 is 22.6 Å². The van der Waals surface area contributed by atoms with E-state index < -0.39 is 23.6 Å². The Morgan fingerprint density at radius 3 is 2.70 bits per heavy atom. The zero-order valence-corrected chi connectivity index (χ0v) is 14.2. The minimum atomic E-state index is -0.829. The highest BCUT2D eigenvalue weighted by molar-refractivity contribution is 5.77. The van der Waals surface area contributed by atoms with Crippen LogP contribution in [-0.4, -0.2) is 27.5 Å². The Balaban J connectivity index is 1.68. The van der Waals surface area contributed by atoms with Crippen LogP contribution >= 0.6 is 0 Å². The van der Waals surface area contributed by atoms with Gasteiger partial charge in [-0.15, -0.1) is 0 Å². The summed E-state index contributed by atoms with van der Waals surface area (Å²) >= 11 is 0. The molecular formula is C18H15N3O6. The number of aromatic amines is 1. The lowest BCUT2D eigenvalue weighted by atomic mass is 10.2. The topological polar surface area (TPSA) is 124 Å². The number of nitrogens with one attached hydrogen (secondary N) is 1. The molecule has 3 aromatic rings. The average molecular weight is 369 g/mol. The number of esters is 1. The summed E-state index contributed by atoms with van der Waals surface area (Å²) in [6.45, 7) is 1.03. The predicted molar refractivity (Wildman–Crippen MR) is 95.5 cm³/mol. The highest BCUT2D eigenvalue weighted by atomic mass is 16.6. The van der Waals surface area contributed by atoms with Gasteiger partial charge in [0.2, 0.25) is 0 Å². The van der Waals surface area contributed by atoms with Gasteiger partial charge in [0, 0.05) is 6.07 Å².